The standard InChI is InChI=1S/C14H22N4/c1-2-3-8-18(11-6-7-11)13-9-12(15)16-14(17-13)10-4-5-10/h9-11H,2-8H2,1H3,(H2,15,16,17). The van der Waals surface area contributed by atoms with Crippen molar-refractivity contribution in [1.82, 2.24) is 9.97 Å². The van der Waals surface area contributed by atoms with E-state index in [0.717, 1.165) is 18.2 Å². The van der Waals surface area contributed by atoms with Gasteiger partial charge < -0.3 is 10.6 Å². The molecular weight excluding hydrogens is 224 g/mol. The lowest BCUT2D eigenvalue weighted by Crippen LogP contribution is -2.28. The Balaban J connectivity index is 1.83. The van der Waals surface area contributed by atoms with Crippen molar-refractivity contribution in [3.05, 3.63) is 11.9 Å². The summed E-state index contributed by atoms with van der Waals surface area (Å²) in [5.74, 6) is 3.22. The van der Waals surface area contributed by atoms with Crippen molar-refractivity contribution >= 4 is 11.6 Å². The summed E-state index contributed by atoms with van der Waals surface area (Å²) in [7, 11) is 0. The van der Waals surface area contributed by atoms with Crippen LogP contribution in [0.25, 0.3) is 0 Å². The van der Waals surface area contributed by atoms with Gasteiger partial charge in [-0.25, -0.2) is 9.97 Å². The number of rotatable bonds is 6. The van der Waals surface area contributed by atoms with Crippen molar-refractivity contribution in [2.24, 2.45) is 0 Å². The number of nitrogens with two attached hydrogens (primary N) is 1. The van der Waals surface area contributed by atoms with Crippen molar-refractivity contribution < 1.29 is 0 Å². The molecule has 2 aliphatic rings. The van der Waals surface area contributed by atoms with Gasteiger partial charge in [0.05, 0.1) is 0 Å². The van der Waals surface area contributed by atoms with Gasteiger partial charge in [0.1, 0.15) is 17.5 Å². The Labute approximate surface area is 109 Å². The molecule has 2 N–H and O–H groups in total. The molecule has 0 spiro atoms. The third kappa shape index (κ3) is 2.57. The second-order valence-electron chi connectivity index (χ2n) is 5.56. The van der Waals surface area contributed by atoms with E-state index >= 15 is 0 Å². The Morgan fingerprint density at radius 3 is 2.67 bits per heavy atom. The smallest absolute Gasteiger partial charge is 0.136 e. The summed E-state index contributed by atoms with van der Waals surface area (Å²) in [6.45, 7) is 3.33. The van der Waals surface area contributed by atoms with Crippen molar-refractivity contribution in [3.63, 3.8) is 0 Å². The SMILES string of the molecule is CCCCN(c1cc(N)nc(C2CC2)n1)C1CC1. The number of hydrogen-bond acceptors (Lipinski definition) is 4. The molecule has 0 aromatic carbocycles. The molecule has 2 saturated carbocycles. The first-order valence-corrected chi connectivity index (χ1v) is 7.19. The predicted octanol–water partition coefficient (Wildman–Crippen LogP) is 2.71. The molecule has 1 aromatic rings. The molecular formula is C14H22N4. The number of aromatic nitrogens is 2. The van der Waals surface area contributed by atoms with Crippen LogP contribution in [0.4, 0.5) is 11.6 Å². The van der Waals surface area contributed by atoms with Crippen LogP contribution in [0, 0.1) is 0 Å². The minimum atomic E-state index is 0.569. The predicted molar refractivity (Wildman–Crippen MR) is 73.7 cm³/mol. The Morgan fingerprint density at radius 1 is 1.28 bits per heavy atom. The molecule has 2 fully saturated rings. The molecule has 0 bridgehead atoms. The van der Waals surface area contributed by atoms with Crippen LogP contribution in [0.2, 0.25) is 0 Å². The quantitative estimate of drug-likeness (QED) is 0.838. The third-order valence-electron chi connectivity index (χ3n) is 3.73. The molecule has 0 atom stereocenters. The lowest BCUT2D eigenvalue weighted by atomic mass is 10.3. The molecule has 18 heavy (non-hydrogen) atoms. The van der Waals surface area contributed by atoms with Crippen molar-refractivity contribution in [2.75, 3.05) is 17.2 Å². The molecule has 0 aliphatic heterocycles. The van der Waals surface area contributed by atoms with E-state index in [2.05, 4.69) is 16.8 Å². The molecule has 0 radical (unpaired) electrons. The highest BCUT2D eigenvalue weighted by molar-refractivity contribution is 5.49. The van der Waals surface area contributed by atoms with Gasteiger partial charge in [0.25, 0.3) is 0 Å². The number of nitrogens with zero attached hydrogens (tertiary/aromatic N) is 3. The van der Waals surface area contributed by atoms with Crippen LogP contribution in [-0.2, 0) is 0 Å². The topological polar surface area (TPSA) is 55.0 Å². The first-order valence-electron chi connectivity index (χ1n) is 7.19. The molecule has 3 rings (SSSR count). The van der Waals surface area contributed by atoms with Gasteiger partial charge in [-0.1, -0.05) is 13.3 Å². The fourth-order valence-electron chi connectivity index (χ4n) is 2.34. The van der Waals surface area contributed by atoms with Gasteiger partial charge in [-0.2, -0.15) is 0 Å². The number of nitrogen functional groups attached to an aromatic ring is 1. The maximum Gasteiger partial charge on any atom is 0.136 e. The van der Waals surface area contributed by atoms with Gasteiger partial charge in [0.15, 0.2) is 0 Å². The maximum absolute atomic E-state index is 5.93. The van der Waals surface area contributed by atoms with E-state index in [4.69, 9.17) is 10.7 Å². The summed E-state index contributed by atoms with van der Waals surface area (Å²) in [4.78, 5) is 11.6. The molecule has 0 unspecified atom stereocenters. The summed E-state index contributed by atoms with van der Waals surface area (Å²) >= 11 is 0. The Kier molecular flexibility index (Phi) is 3.10. The number of unbranched alkanes of at least 4 members (excludes halogenated alkanes) is 1. The van der Waals surface area contributed by atoms with Gasteiger partial charge in [0, 0.05) is 24.6 Å². The zero-order valence-corrected chi connectivity index (χ0v) is 11.1. The molecule has 98 valence electrons. The molecule has 4 nitrogen and oxygen atoms in total. The molecule has 4 heteroatoms. The Bertz CT molecular complexity index is 424. The first kappa shape index (κ1) is 11.8. The van der Waals surface area contributed by atoms with Crippen LogP contribution in [0.3, 0.4) is 0 Å². The number of anilines is 2. The summed E-state index contributed by atoms with van der Waals surface area (Å²) in [5, 5.41) is 0. The monoisotopic (exact) mass is 246 g/mol. The van der Waals surface area contributed by atoms with E-state index in [9.17, 15) is 0 Å². The zero-order valence-electron chi connectivity index (χ0n) is 11.1. The Morgan fingerprint density at radius 2 is 2.06 bits per heavy atom. The van der Waals surface area contributed by atoms with E-state index in [1.165, 1.54) is 38.5 Å². The molecule has 1 aromatic heterocycles. The lowest BCUT2D eigenvalue weighted by Gasteiger charge is -2.24. The highest BCUT2D eigenvalue weighted by atomic mass is 15.2. The van der Waals surface area contributed by atoms with Crippen LogP contribution in [0.15, 0.2) is 6.07 Å². The summed E-state index contributed by atoms with van der Waals surface area (Å²) < 4.78 is 0. The molecule has 0 saturated heterocycles. The minimum Gasteiger partial charge on any atom is -0.384 e. The van der Waals surface area contributed by atoms with Crippen LogP contribution in [0.1, 0.15) is 57.2 Å². The molecule has 0 amide bonds. The lowest BCUT2D eigenvalue weighted by molar-refractivity contribution is 0.700. The van der Waals surface area contributed by atoms with Crippen LogP contribution in [-0.4, -0.2) is 22.6 Å². The highest BCUT2D eigenvalue weighted by Crippen LogP contribution is 2.39. The average Bonchev–Trinajstić information content (AvgIpc) is 3.21. The van der Waals surface area contributed by atoms with Gasteiger partial charge in [-0.3, -0.25) is 0 Å². The first-order chi connectivity index (χ1) is 8.78. The van der Waals surface area contributed by atoms with Crippen molar-refractivity contribution in [3.8, 4) is 0 Å². The zero-order chi connectivity index (χ0) is 12.5. The largest absolute Gasteiger partial charge is 0.384 e. The second kappa shape index (κ2) is 4.75. The summed E-state index contributed by atoms with van der Waals surface area (Å²) in [6.07, 6.45) is 7.49. The summed E-state index contributed by atoms with van der Waals surface area (Å²) in [5.41, 5.74) is 5.93. The summed E-state index contributed by atoms with van der Waals surface area (Å²) in [6, 6.07) is 2.64. The van der Waals surface area contributed by atoms with Crippen LogP contribution < -0.4 is 10.6 Å². The van der Waals surface area contributed by atoms with E-state index in [1.54, 1.807) is 0 Å². The molecule has 1 heterocycles. The number of hydrogen-bond donors (Lipinski definition) is 1. The second-order valence-corrected chi connectivity index (χ2v) is 5.56. The van der Waals surface area contributed by atoms with Crippen molar-refractivity contribution in [1.29, 1.82) is 0 Å². The van der Waals surface area contributed by atoms with Gasteiger partial charge >= 0.3 is 0 Å². The fraction of sp³-hybridized carbons (Fsp3) is 0.714. The minimum absolute atomic E-state index is 0.569. The van der Waals surface area contributed by atoms with Crippen molar-refractivity contribution in [2.45, 2.75) is 57.4 Å². The highest BCUT2D eigenvalue weighted by Gasteiger charge is 2.32. The van der Waals surface area contributed by atoms with Gasteiger partial charge in [0.2, 0.25) is 0 Å². The Hall–Kier alpha value is -1.32. The van der Waals surface area contributed by atoms with Gasteiger partial charge in [-0.05, 0) is 32.1 Å². The van der Waals surface area contributed by atoms with E-state index < -0.39 is 0 Å². The fourth-order valence-corrected chi connectivity index (χ4v) is 2.34. The van der Waals surface area contributed by atoms with E-state index in [1.807, 2.05) is 6.07 Å². The third-order valence-corrected chi connectivity index (χ3v) is 3.73. The van der Waals surface area contributed by atoms with Gasteiger partial charge in [-0.15, -0.1) is 0 Å². The normalized spacial score (nSPS) is 18.9. The van der Waals surface area contributed by atoms with Crippen LogP contribution >= 0.6 is 0 Å². The van der Waals surface area contributed by atoms with E-state index in [-0.39, 0.29) is 0 Å². The molecule has 2 aliphatic carbocycles. The maximum atomic E-state index is 5.93. The van der Waals surface area contributed by atoms with E-state index in [0.29, 0.717) is 17.8 Å². The van der Waals surface area contributed by atoms with Crippen LogP contribution in [0.5, 0.6) is 0 Å². The average molecular weight is 246 g/mol.